The van der Waals surface area contributed by atoms with Gasteiger partial charge in [0.2, 0.25) is 0 Å². The van der Waals surface area contributed by atoms with Gasteiger partial charge >= 0.3 is 0 Å². The van der Waals surface area contributed by atoms with Gasteiger partial charge in [0.1, 0.15) is 0 Å². The Balaban J connectivity index is 1.75. The van der Waals surface area contributed by atoms with Gasteiger partial charge in [-0.05, 0) is 24.7 Å². The molecule has 1 heterocycles. The first-order chi connectivity index (χ1) is 5.40. The standard InChI is InChI=1S/C10H19N/c1-2-8-3-5-9(6-4-8)10-7-11-10/h8-11H,2-7H2,1H3. The second kappa shape index (κ2) is 3.14. The topological polar surface area (TPSA) is 21.9 Å². The van der Waals surface area contributed by atoms with E-state index in [1.165, 1.54) is 38.6 Å². The fourth-order valence-corrected chi connectivity index (χ4v) is 2.40. The predicted molar refractivity (Wildman–Crippen MR) is 47.5 cm³/mol. The molecule has 1 unspecified atom stereocenters. The molecular weight excluding hydrogens is 134 g/mol. The van der Waals surface area contributed by atoms with Crippen LogP contribution in [-0.4, -0.2) is 12.6 Å². The van der Waals surface area contributed by atoms with Crippen LogP contribution in [0.4, 0.5) is 0 Å². The number of hydrogen-bond donors (Lipinski definition) is 1. The van der Waals surface area contributed by atoms with Gasteiger partial charge in [-0.25, -0.2) is 0 Å². The smallest absolute Gasteiger partial charge is 0.0221 e. The first-order valence-corrected chi connectivity index (χ1v) is 5.13. The minimum Gasteiger partial charge on any atom is -0.311 e. The van der Waals surface area contributed by atoms with Crippen LogP contribution in [0.5, 0.6) is 0 Å². The van der Waals surface area contributed by atoms with Crippen molar-refractivity contribution in [2.75, 3.05) is 6.54 Å². The monoisotopic (exact) mass is 153 g/mol. The molecule has 64 valence electrons. The van der Waals surface area contributed by atoms with Crippen LogP contribution < -0.4 is 5.32 Å². The Morgan fingerprint density at radius 1 is 1.18 bits per heavy atom. The quantitative estimate of drug-likeness (QED) is 0.603. The van der Waals surface area contributed by atoms with E-state index in [9.17, 15) is 0 Å². The van der Waals surface area contributed by atoms with Crippen molar-refractivity contribution in [2.45, 2.75) is 45.1 Å². The second-order valence-electron chi connectivity index (χ2n) is 4.20. The molecule has 1 N–H and O–H groups in total. The average Bonchev–Trinajstić information content (AvgIpc) is 2.87. The van der Waals surface area contributed by atoms with E-state index in [1.54, 1.807) is 0 Å². The van der Waals surface area contributed by atoms with Gasteiger partial charge in [0.25, 0.3) is 0 Å². The van der Waals surface area contributed by atoms with Gasteiger partial charge in [-0.15, -0.1) is 0 Å². The van der Waals surface area contributed by atoms with Gasteiger partial charge in [0.05, 0.1) is 0 Å². The van der Waals surface area contributed by atoms with Crippen LogP contribution in [0.1, 0.15) is 39.0 Å². The maximum atomic E-state index is 3.44. The summed E-state index contributed by atoms with van der Waals surface area (Å²) >= 11 is 0. The van der Waals surface area contributed by atoms with Gasteiger partial charge in [-0.2, -0.15) is 0 Å². The van der Waals surface area contributed by atoms with Crippen molar-refractivity contribution in [3.05, 3.63) is 0 Å². The third-order valence-electron chi connectivity index (χ3n) is 3.48. The van der Waals surface area contributed by atoms with Crippen molar-refractivity contribution in [3.8, 4) is 0 Å². The van der Waals surface area contributed by atoms with Crippen LogP contribution in [0.25, 0.3) is 0 Å². The highest BCUT2D eigenvalue weighted by Gasteiger charge is 2.32. The third-order valence-corrected chi connectivity index (χ3v) is 3.48. The molecule has 1 nitrogen and oxygen atoms in total. The fraction of sp³-hybridized carbons (Fsp3) is 1.00. The first-order valence-electron chi connectivity index (χ1n) is 5.13. The second-order valence-corrected chi connectivity index (χ2v) is 4.20. The molecule has 0 aromatic heterocycles. The van der Waals surface area contributed by atoms with Crippen molar-refractivity contribution in [3.63, 3.8) is 0 Å². The van der Waals surface area contributed by atoms with Gasteiger partial charge in [0, 0.05) is 12.6 Å². The van der Waals surface area contributed by atoms with E-state index < -0.39 is 0 Å². The normalized spacial score (nSPS) is 43.9. The molecule has 2 rings (SSSR count). The Hall–Kier alpha value is -0.0400. The van der Waals surface area contributed by atoms with Crippen molar-refractivity contribution in [1.82, 2.24) is 5.32 Å². The summed E-state index contributed by atoms with van der Waals surface area (Å²) in [7, 11) is 0. The van der Waals surface area contributed by atoms with Gasteiger partial charge < -0.3 is 5.32 Å². The molecule has 1 heteroatoms. The fourth-order valence-electron chi connectivity index (χ4n) is 2.40. The van der Waals surface area contributed by atoms with Gasteiger partial charge in [-0.1, -0.05) is 26.2 Å². The molecule has 1 saturated heterocycles. The van der Waals surface area contributed by atoms with E-state index in [0.29, 0.717) is 0 Å². The van der Waals surface area contributed by atoms with Crippen LogP contribution in [0.15, 0.2) is 0 Å². The van der Waals surface area contributed by atoms with Gasteiger partial charge in [0.15, 0.2) is 0 Å². The average molecular weight is 153 g/mol. The molecule has 11 heavy (non-hydrogen) atoms. The summed E-state index contributed by atoms with van der Waals surface area (Å²) in [5, 5.41) is 3.44. The number of rotatable bonds is 2. The number of nitrogens with one attached hydrogen (secondary N) is 1. The number of hydrogen-bond acceptors (Lipinski definition) is 1. The summed E-state index contributed by atoms with van der Waals surface area (Å²) in [6.45, 7) is 3.64. The maximum absolute atomic E-state index is 3.44. The van der Waals surface area contributed by atoms with E-state index >= 15 is 0 Å². The van der Waals surface area contributed by atoms with Gasteiger partial charge in [-0.3, -0.25) is 0 Å². The summed E-state index contributed by atoms with van der Waals surface area (Å²) < 4.78 is 0. The Morgan fingerprint density at radius 2 is 1.82 bits per heavy atom. The molecule has 0 spiro atoms. The Labute approximate surface area is 69.6 Å². The first kappa shape index (κ1) is 7.60. The molecule has 0 radical (unpaired) electrons. The zero-order chi connectivity index (χ0) is 7.68. The highest BCUT2D eigenvalue weighted by Crippen LogP contribution is 2.34. The lowest BCUT2D eigenvalue weighted by atomic mass is 9.79. The molecule has 0 aromatic rings. The molecule has 1 aliphatic heterocycles. The summed E-state index contributed by atoms with van der Waals surface area (Å²) in [5.74, 6) is 2.10. The lowest BCUT2D eigenvalue weighted by molar-refractivity contribution is 0.266. The zero-order valence-corrected chi connectivity index (χ0v) is 7.47. The van der Waals surface area contributed by atoms with E-state index in [-0.39, 0.29) is 0 Å². The van der Waals surface area contributed by atoms with Crippen molar-refractivity contribution >= 4 is 0 Å². The predicted octanol–water partition coefficient (Wildman–Crippen LogP) is 2.17. The highest BCUT2D eigenvalue weighted by molar-refractivity contribution is 4.92. The molecule has 1 saturated carbocycles. The summed E-state index contributed by atoms with van der Waals surface area (Å²) in [5.41, 5.74) is 0. The van der Waals surface area contributed by atoms with E-state index in [4.69, 9.17) is 0 Å². The minimum absolute atomic E-state index is 0.924. The molecule has 0 aromatic carbocycles. The van der Waals surface area contributed by atoms with Crippen molar-refractivity contribution in [2.24, 2.45) is 11.8 Å². The Morgan fingerprint density at radius 3 is 2.27 bits per heavy atom. The molecule has 2 aliphatic rings. The molecular formula is C10H19N. The Kier molecular flexibility index (Phi) is 2.17. The van der Waals surface area contributed by atoms with Crippen LogP contribution in [0.2, 0.25) is 0 Å². The van der Waals surface area contributed by atoms with E-state index in [2.05, 4.69) is 12.2 Å². The summed E-state index contributed by atoms with van der Waals surface area (Å²) in [6.07, 6.45) is 7.40. The van der Waals surface area contributed by atoms with E-state index in [0.717, 1.165) is 17.9 Å². The SMILES string of the molecule is CCC1CCC(C2CN2)CC1. The molecule has 1 atom stereocenters. The molecule has 1 aliphatic carbocycles. The van der Waals surface area contributed by atoms with Crippen molar-refractivity contribution in [1.29, 1.82) is 0 Å². The Bertz CT molecular complexity index is 121. The third kappa shape index (κ3) is 1.76. The van der Waals surface area contributed by atoms with Crippen LogP contribution >= 0.6 is 0 Å². The van der Waals surface area contributed by atoms with E-state index in [1.807, 2.05) is 0 Å². The maximum Gasteiger partial charge on any atom is 0.0221 e. The van der Waals surface area contributed by atoms with Crippen molar-refractivity contribution < 1.29 is 0 Å². The minimum atomic E-state index is 0.924. The lowest BCUT2D eigenvalue weighted by Gasteiger charge is -2.26. The molecule has 2 fully saturated rings. The van der Waals surface area contributed by atoms with Crippen LogP contribution in [0.3, 0.4) is 0 Å². The summed E-state index contributed by atoms with van der Waals surface area (Å²) in [6, 6.07) is 0.924. The highest BCUT2D eigenvalue weighted by atomic mass is 15.1. The molecule has 0 bridgehead atoms. The zero-order valence-electron chi connectivity index (χ0n) is 7.47. The molecule has 0 amide bonds. The largest absolute Gasteiger partial charge is 0.311 e. The van der Waals surface area contributed by atoms with Crippen LogP contribution in [0, 0.1) is 11.8 Å². The van der Waals surface area contributed by atoms with Crippen LogP contribution in [-0.2, 0) is 0 Å². The lowest BCUT2D eigenvalue weighted by Crippen LogP contribution is -2.19. The summed E-state index contributed by atoms with van der Waals surface area (Å²) in [4.78, 5) is 0.